The summed E-state index contributed by atoms with van der Waals surface area (Å²) in [6.45, 7) is 7.64. The van der Waals surface area contributed by atoms with Gasteiger partial charge in [0.05, 0.1) is 0 Å². The van der Waals surface area contributed by atoms with Crippen molar-refractivity contribution in [3.05, 3.63) is 60.7 Å². The Kier molecular flexibility index (Phi) is 10.0. The summed E-state index contributed by atoms with van der Waals surface area (Å²) in [6.07, 6.45) is 0. The van der Waals surface area contributed by atoms with E-state index in [0.29, 0.717) is 0 Å². The Morgan fingerprint density at radius 2 is 1.33 bits per heavy atom. The zero-order valence-corrected chi connectivity index (χ0v) is 16.7. The third kappa shape index (κ3) is 6.10. The SMILES string of the molecule is CCN(CC)CCSC(=S)N(c1ccccc1)c1ccccc1.Cl. The third-order valence-electron chi connectivity index (χ3n) is 3.74. The van der Waals surface area contributed by atoms with E-state index >= 15 is 0 Å². The van der Waals surface area contributed by atoms with Crippen molar-refractivity contribution in [2.45, 2.75) is 13.8 Å². The first-order valence-corrected chi connectivity index (χ1v) is 9.45. The van der Waals surface area contributed by atoms with Gasteiger partial charge in [-0.3, -0.25) is 4.90 Å². The van der Waals surface area contributed by atoms with Gasteiger partial charge in [0.2, 0.25) is 0 Å². The highest BCUT2D eigenvalue weighted by atomic mass is 35.5. The lowest BCUT2D eigenvalue weighted by atomic mass is 10.2. The second-order valence-corrected chi connectivity index (χ2v) is 6.88. The van der Waals surface area contributed by atoms with Crippen LogP contribution in [-0.2, 0) is 0 Å². The Morgan fingerprint density at radius 1 is 0.875 bits per heavy atom. The van der Waals surface area contributed by atoms with Crippen LogP contribution in [-0.4, -0.2) is 34.6 Å². The molecule has 0 saturated heterocycles. The van der Waals surface area contributed by atoms with Crippen molar-refractivity contribution in [2.24, 2.45) is 0 Å². The molecule has 0 radical (unpaired) electrons. The fourth-order valence-electron chi connectivity index (χ4n) is 2.38. The molecule has 0 heterocycles. The monoisotopic (exact) mass is 380 g/mol. The topological polar surface area (TPSA) is 6.48 Å². The van der Waals surface area contributed by atoms with Crippen LogP contribution in [0, 0.1) is 0 Å². The minimum Gasteiger partial charge on any atom is -0.303 e. The second kappa shape index (κ2) is 11.5. The van der Waals surface area contributed by atoms with Gasteiger partial charge >= 0.3 is 0 Å². The molecule has 0 bridgehead atoms. The minimum absolute atomic E-state index is 0. The van der Waals surface area contributed by atoms with E-state index in [2.05, 4.69) is 72.2 Å². The summed E-state index contributed by atoms with van der Waals surface area (Å²) < 4.78 is 0.898. The highest BCUT2D eigenvalue weighted by Gasteiger charge is 2.14. The van der Waals surface area contributed by atoms with Gasteiger partial charge in [0, 0.05) is 23.7 Å². The molecule has 2 aromatic rings. The number of rotatable bonds is 7. The van der Waals surface area contributed by atoms with Crippen molar-refractivity contribution in [1.82, 2.24) is 4.90 Å². The predicted octanol–water partition coefficient (Wildman–Crippen LogP) is 5.61. The number of hydrogen-bond donors (Lipinski definition) is 0. The van der Waals surface area contributed by atoms with Gasteiger partial charge in [-0.25, -0.2) is 0 Å². The van der Waals surface area contributed by atoms with Crippen molar-refractivity contribution in [3.8, 4) is 0 Å². The summed E-state index contributed by atoms with van der Waals surface area (Å²) in [4.78, 5) is 4.58. The van der Waals surface area contributed by atoms with Gasteiger partial charge in [-0.2, -0.15) is 0 Å². The normalized spacial score (nSPS) is 10.3. The molecule has 0 fully saturated rings. The zero-order valence-electron chi connectivity index (χ0n) is 14.2. The fraction of sp³-hybridized carbons (Fsp3) is 0.316. The number of halogens is 1. The number of benzene rings is 2. The standard InChI is InChI=1S/C19H24N2S2.ClH/c1-3-20(4-2)15-16-23-19(22)21(17-11-7-5-8-12-17)18-13-9-6-10-14-18;/h5-14H,3-4,15-16H2,1-2H3;1H. The molecule has 0 aliphatic carbocycles. The Bertz CT molecular complexity index is 549. The Morgan fingerprint density at radius 3 is 1.75 bits per heavy atom. The van der Waals surface area contributed by atoms with E-state index < -0.39 is 0 Å². The van der Waals surface area contributed by atoms with Gasteiger partial charge in [0.1, 0.15) is 4.32 Å². The first kappa shape index (κ1) is 21.0. The molecule has 0 atom stereocenters. The molecule has 0 aromatic heterocycles. The fourth-order valence-corrected chi connectivity index (χ4v) is 3.71. The van der Waals surface area contributed by atoms with E-state index in [-0.39, 0.29) is 12.4 Å². The largest absolute Gasteiger partial charge is 0.303 e. The summed E-state index contributed by atoms with van der Waals surface area (Å²) in [7, 11) is 0. The molecule has 0 saturated carbocycles. The molecule has 130 valence electrons. The summed E-state index contributed by atoms with van der Waals surface area (Å²) in [5, 5.41) is 0. The Balaban J connectivity index is 0.00000288. The van der Waals surface area contributed by atoms with E-state index in [1.165, 1.54) is 0 Å². The number of nitrogens with zero attached hydrogens (tertiary/aromatic N) is 2. The lowest BCUT2D eigenvalue weighted by Crippen LogP contribution is -2.27. The number of anilines is 2. The molecular formula is C19H25ClN2S2. The molecule has 0 spiro atoms. The quantitative estimate of drug-likeness (QED) is 0.576. The highest BCUT2D eigenvalue weighted by molar-refractivity contribution is 8.23. The van der Waals surface area contributed by atoms with Crippen molar-refractivity contribution in [1.29, 1.82) is 0 Å². The second-order valence-electron chi connectivity index (χ2n) is 5.15. The van der Waals surface area contributed by atoms with Crippen LogP contribution in [0.3, 0.4) is 0 Å². The maximum absolute atomic E-state index is 5.73. The lowest BCUT2D eigenvalue weighted by Gasteiger charge is -2.26. The smallest absolute Gasteiger partial charge is 0.145 e. The maximum Gasteiger partial charge on any atom is 0.145 e. The van der Waals surface area contributed by atoms with Crippen LogP contribution >= 0.6 is 36.4 Å². The van der Waals surface area contributed by atoms with Gasteiger partial charge in [0.25, 0.3) is 0 Å². The van der Waals surface area contributed by atoms with E-state index in [4.69, 9.17) is 12.2 Å². The van der Waals surface area contributed by atoms with Crippen LogP contribution in [0.25, 0.3) is 0 Å². The number of thioether (sulfide) groups is 1. The van der Waals surface area contributed by atoms with Crippen molar-refractivity contribution < 1.29 is 0 Å². The van der Waals surface area contributed by atoms with Crippen LogP contribution in [0.4, 0.5) is 11.4 Å². The van der Waals surface area contributed by atoms with Gasteiger partial charge in [0.15, 0.2) is 0 Å². The average Bonchev–Trinajstić information content (AvgIpc) is 2.61. The molecule has 0 N–H and O–H groups in total. The molecule has 0 aliphatic heterocycles. The Hall–Kier alpha value is -1.07. The highest BCUT2D eigenvalue weighted by Crippen LogP contribution is 2.29. The molecule has 24 heavy (non-hydrogen) atoms. The summed E-state index contributed by atoms with van der Waals surface area (Å²) in [5.41, 5.74) is 2.22. The molecule has 2 rings (SSSR count). The summed E-state index contributed by atoms with van der Waals surface area (Å²) >= 11 is 7.48. The summed E-state index contributed by atoms with van der Waals surface area (Å²) in [6, 6.07) is 20.7. The van der Waals surface area contributed by atoms with Crippen molar-refractivity contribution in [2.75, 3.05) is 30.3 Å². The van der Waals surface area contributed by atoms with Crippen LogP contribution in [0.2, 0.25) is 0 Å². The number of hydrogen-bond acceptors (Lipinski definition) is 3. The van der Waals surface area contributed by atoms with Gasteiger partial charge < -0.3 is 4.90 Å². The molecule has 2 nitrogen and oxygen atoms in total. The zero-order chi connectivity index (χ0) is 16.5. The number of para-hydroxylation sites is 2. The first-order chi connectivity index (χ1) is 11.3. The van der Waals surface area contributed by atoms with Crippen LogP contribution in [0.5, 0.6) is 0 Å². The molecule has 0 unspecified atom stereocenters. The predicted molar refractivity (Wildman–Crippen MR) is 115 cm³/mol. The van der Waals surface area contributed by atoms with Gasteiger partial charge in [-0.05, 0) is 37.4 Å². The van der Waals surface area contributed by atoms with E-state index in [1.54, 1.807) is 11.8 Å². The van der Waals surface area contributed by atoms with E-state index in [1.807, 2.05) is 12.1 Å². The van der Waals surface area contributed by atoms with Crippen molar-refractivity contribution in [3.63, 3.8) is 0 Å². The molecule has 2 aromatic carbocycles. The average molecular weight is 381 g/mol. The molecular weight excluding hydrogens is 356 g/mol. The molecule has 0 aliphatic rings. The van der Waals surface area contributed by atoms with Crippen molar-refractivity contribution >= 4 is 52.1 Å². The third-order valence-corrected chi connectivity index (χ3v) is 5.09. The van der Waals surface area contributed by atoms with Crippen LogP contribution < -0.4 is 4.90 Å². The molecule has 5 heteroatoms. The van der Waals surface area contributed by atoms with Gasteiger partial charge in [-0.15, -0.1) is 12.4 Å². The minimum atomic E-state index is 0. The lowest BCUT2D eigenvalue weighted by molar-refractivity contribution is 0.324. The van der Waals surface area contributed by atoms with Crippen LogP contribution in [0.15, 0.2) is 60.7 Å². The van der Waals surface area contributed by atoms with E-state index in [9.17, 15) is 0 Å². The first-order valence-electron chi connectivity index (χ1n) is 8.05. The van der Waals surface area contributed by atoms with E-state index in [0.717, 1.165) is 41.1 Å². The van der Waals surface area contributed by atoms with Gasteiger partial charge in [-0.1, -0.05) is 74.2 Å². The maximum atomic E-state index is 5.73. The molecule has 0 amide bonds. The van der Waals surface area contributed by atoms with Crippen LogP contribution in [0.1, 0.15) is 13.8 Å². The Labute approximate surface area is 161 Å². The summed E-state index contributed by atoms with van der Waals surface area (Å²) in [5.74, 6) is 1.01. The number of thiocarbonyl (C=S) groups is 1.